The van der Waals surface area contributed by atoms with E-state index in [1.807, 2.05) is 18.2 Å². The van der Waals surface area contributed by atoms with Crippen LogP contribution in [0.3, 0.4) is 0 Å². The van der Waals surface area contributed by atoms with Crippen molar-refractivity contribution in [3.63, 3.8) is 0 Å². The maximum atomic E-state index is 9.19. The maximum absolute atomic E-state index is 9.19. The molecule has 0 bridgehead atoms. The van der Waals surface area contributed by atoms with E-state index < -0.39 is 20.2 Å². The van der Waals surface area contributed by atoms with Gasteiger partial charge in [0.15, 0.2) is 0 Å². The molecule has 0 aliphatic heterocycles. The van der Waals surface area contributed by atoms with E-state index >= 15 is 0 Å². The van der Waals surface area contributed by atoms with Crippen molar-refractivity contribution in [2.75, 3.05) is 12.5 Å². The lowest BCUT2D eigenvalue weighted by molar-refractivity contribution is 0.275. The topological polar surface area (TPSA) is 149 Å². The van der Waals surface area contributed by atoms with Gasteiger partial charge < -0.3 is 10.2 Å². The third-order valence-electron chi connectivity index (χ3n) is 1.36. The molecule has 10 heteroatoms. The average molecular weight is 330 g/mol. The van der Waals surface area contributed by atoms with E-state index in [1.165, 1.54) is 0 Å². The van der Waals surface area contributed by atoms with Crippen LogP contribution in [0.5, 0.6) is 0 Å². The molecule has 0 saturated carbocycles. The summed E-state index contributed by atoms with van der Waals surface area (Å²) in [5, 5.41) is 17.4. The molecule has 0 fully saturated rings. The van der Waals surface area contributed by atoms with Crippen molar-refractivity contribution < 1.29 is 36.2 Å². The van der Waals surface area contributed by atoms with Gasteiger partial charge in [-0.25, -0.2) is 0 Å². The fraction of sp³-hybridized carbons (Fsp3) is 0.400. The minimum atomic E-state index is -3.67. The zero-order valence-corrected chi connectivity index (χ0v) is 12.6. The summed E-state index contributed by atoms with van der Waals surface area (Å²) in [6.45, 7) is 0.0711. The number of hydrogen-bond donors (Lipinski definition) is 4. The number of benzene rings is 1. The van der Waals surface area contributed by atoms with Crippen LogP contribution in [-0.2, 0) is 33.5 Å². The number of aliphatic hydroxyl groups excluding tert-OH is 2. The van der Waals surface area contributed by atoms with Gasteiger partial charge in [-0.2, -0.15) is 16.8 Å². The van der Waals surface area contributed by atoms with Crippen molar-refractivity contribution in [1.82, 2.24) is 0 Å². The van der Waals surface area contributed by atoms with Crippen molar-refractivity contribution in [3.05, 3.63) is 35.4 Å². The van der Waals surface area contributed by atoms with E-state index in [0.717, 1.165) is 11.1 Å². The third-order valence-corrected chi connectivity index (χ3v) is 1.36. The summed E-state index contributed by atoms with van der Waals surface area (Å²) in [5.74, 6) is 0. The third kappa shape index (κ3) is 25.7. The second-order valence-electron chi connectivity index (χ2n) is 3.60. The summed E-state index contributed by atoms with van der Waals surface area (Å²) in [6.07, 6.45) is 1.43. The number of rotatable bonds is 2. The van der Waals surface area contributed by atoms with Crippen LogP contribution in [-0.4, -0.2) is 48.7 Å². The molecule has 0 heterocycles. The molecule has 0 aromatic heterocycles. The minimum absolute atomic E-state index is 0.0356. The van der Waals surface area contributed by atoms with Gasteiger partial charge >= 0.3 is 0 Å². The Morgan fingerprint density at radius 3 is 1.30 bits per heavy atom. The van der Waals surface area contributed by atoms with Gasteiger partial charge in [-0.05, 0) is 11.1 Å². The Labute approximate surface area is 118 Å². The zero-order chi connectivity index (χ0) is 16.4. The quantitative estimate of drug-likeness (QED) is 0.539. The Morgan fingerprint density at radius 1 is 0.850 bits per heavy atom. The van der Waals surface area contributed by atoms with E-state index in [2.05, 4.69) is 0 Å². The number of hydrogen-bond acceptors (Lipinski definition) is 6. The smallest absolute Gasteiger partial charge is 0.261 e. The van der Waals surface area contributed by atoms with Crippen LogP contribution in [0, 0.1) is 0 Å². The van der Waals surface area contributed by atoms with Crippen molar-refractivity contribution in [3.8, 4) is 0 Å². The largest absolute Gasteiger partial charge is 0.392 e. The lowest BCUT2D eigenvalue weighted by Crippen LogP contribution is -1.88. The van der Waals surface area contributed by atoms with Crippen LogP contribution in [0.15, 0.2) is 24.3 Å². The molecule has 0 amide bonds. The summed E-state index contributed by atoms with van der Waals surface area (Å²) in [6, 6.07) is 7.23. The van der Waals surface area contributed by atoms with E-state index in [-0.39, 0.29) is 13.2 Å². The van der Waals surface area contributed by atoms with Gasteiger partial charge in [0.25, 0.3) is 20.2 Å². The Hall–Kier alpha value is -1.04. The molecule has 0 aliphatic rings. The number of aliphatic hydroxyl groups is 2. The second-order valence-corrected chi connectivity index (χ2v) is 6.53. The summed E-state index contributed by atoms with van der Waals surface area (Å²) >= 11 is 0. The van der Waals surface area contributed by atoms with E-state index in [1.54, 1.807) is 6.07 Å². The zero-order valence-electron chi connectivity index (χ0n) is 11.0. The molecule has 1 aromatic rings. The first-order chi connectivity index (χ1) is 8.86. The summed E-state index contributed by atoms with van der Waals surface area (Å²) in [4.78, 5) is 0. The molecule has 0 spiro atoms. The van der Waals surface area contributed by atoms with Crippen molar-refractivity contribution in [1.29, 1.82) is 0 Å². The second kappa shape index (κ2) is 9.80. The van der Waals surface area contributed by atoms with Gasteiger partial charge in [-0.3, -0.25) is 9.11 Å². The molecule has 20 heavy (non-hydrogen) atoms. The lowest BCUT2D eigenvalue weighted by atomic mass is 10.1. The highest BCUT2D eigenvalue weighted by molar-refractivity contribution is 7.85. The van der Waals surface area contributed by atoms with Gasteiger partial charge in [0.05, 0.1) is 25.7 Å². The Kier molecular flexibility index (Phi) is 10.4. The normalized spacial score (nSPS) is 10.7. The monoisotopic (exact) mass is 330 g/mol. The minimum Gasteiger partial charge on any atom is -0.392 e. The Morgan fingerprint density at radius 2 is 1.10 bits per heavy atom. The average Bonchev–Trinajstić information content (AvgIpc) is 2.24. The van der Waals surface area contributed by atoms with Crippen LogP contribution in [0.25, 0.3) is 0 Å². The molecule has 0 radical (unpaired) electrons. The van der Waals surface area contributed by atoms with Gasteiger partial charge in [-0.15, -0.1) is 0 Å². The Balaban J connectivity index is 0. The molecule has 4 N–H and O–H groups in total. The van der Waals surface area contributed by atoms with Crippen LogP contribution in [0.4, 0.5) is 0 Å². The summed E-state index contributed by atoms with van der Waals surface area (Å²) in [7, 11) is -7.33. The van der Waals surface area contributed by atoms with Crippen molar-refractivity contribution >= 4 is 20.2 Å². The summed E-state index contributed by atoms with van der Waals surface area (Å²) < 4.78 is 51.7. The molecule has 8 nitrogen and oxygen atoms in total. The molecule has 0 atom stereocenters. The summed E-state index contributed by atoms with van der Waals surface area (Å²) in [5.41, 5.74) is 1.68. The molecule has 1 aromatic carbocycles. The predicted octanol–water partition coefficient (Wildman–Crippen LogP) is -0.321. The molecule has 1 rings (SSSR count). The van der Waals surface area contributed by atoms with Gasteiger partial charge in [-0.1, -0.05) is 24.3 Å². The van der Waals surface area contributed by atoms with E-state index in [0.29, 0.717) is 12.5 Å². The van der Waals surface area contributed by atoms with Gasteiger partial charge in [0.2, 0.25) is 0 Å². The molecule has 0 saturated heterocycles. The van der Waals surface area contributed by atoms with Crippen LogP contribution < -0.4 is 0 Å². The fourth-order valence-corrected chi connectivity index (χ4v) is 0.826. The molecule has 118 valence electrons. The van der Waals surface area contributed by atoms with Crippen molar-refractivity contribution in [2.24, 2.45) is 0 Å². The van der Waals surface area contributed by atoms with Gasteiger partial charge in [0.1, 0.15) is 0 Å². The highest BCUT2D eigenvalue weighted by atomic mass is 32.2. The maximum Gasteiger partial charge on any atom is 0.261 e. The van der Waals surface area contributed by atoms with Crippen molar-refractivity contribution in [2.45, 2.75) is 13.2 Å². The molecular weight excluding hydrogens is 312 g/mol. The lowest BCUT2D eigenvalue weighted by Gasteiger charge is -1.97. The first-order valence-corrected chi connectivity index (χ1v) is 8.71. The Bertz CT molecular complexity index is 512. The SMILES string of the molecule is CS(=O)(=O)O.CS(=O)(=O)O.OCc1cccc(CO)c1. The van der Waals surface area contributed by atoms with E-state index in [4.69, 9.17) is 19.3 Å². The highest BCUT2D eigenvalue weighted by Gasteiger charge is 1.91. The predicted molar refractivity (Wildman–Crippen MR) is 73.2 cm³/mol. The van der Waals surface area contributed by atoms with Crippen LogP contribution in [0.2, 0.25) is 0 Å². The van der Waals surface area contributed by atoms with Crippen LogP contribution in [0.1, 0.15) is 11.1 Å². The first kappa shape index (κ1) is 21.3. The molecule has 0 unspecified atom stereocenters. The van der Waals surface area contributed by atoms with Gasteiger partial charge in [0, 0.05) is 0 Å². The molecule has 0 aliphatic carbocycles. The first-order valence-electron chi connectivity index (χ1n) is 5.01. The van der Waals surface area contributed by atoms with E-state index in [9.17, 15) is 16.8 Å². The molecular formula is C10H18O8S2. The standard InChI is InChI=1S/C8H10O2.2CH4O3S/c9-5-7-2-1-3-8(4-7)6-10;2*1-5(2,3)4/h1-4,9-10H,5-6H2;2*1H3,(H,2,3,4). The van der Waals surface area contributed by atoms with Crippen LogP contribution >= 0.6 is 0 Å². The highest BCUT2D eigenvalue weighted by Crippen LogP contribution is 2.04. The fourth-order valence-electron chi connectivity index (χ4n) is 0.826.